The maximum Gasteiger partial charge on any atom is 0.341 e. The van der Waals surface area contributed by atoms with Gasteiger partial charge in [-0.05, 0) is 45.2 Å². The molecule has 27 heavy (non-hydrogen) atoms. The molecular formula is C20H26FN3O3. The van der Waals surface area contributed by atoms with E-state index in [4.69, 9.17) is 0 Å². The van der Waals surface area contributed by atoms with E-state index >= 15 is 4.39 Å². The van der Waals surface area contributed by atoms with Crippen molar-refractivity contribution in [3.63, 3.8) is 0 Å². The molecule has 0 atom stereocenters. The van der Waals surface area contributed by atoms with E-state index in [0.717, 1.165) is 19.3 Å². The van der Waals surface area contributed by atoms with Crippen LogP contribution in [0.25, 0.3) is 10.9 Å². The van der Waals surface area contributed by atoms with Gasteiger partial charge in [0.1, 0.15) is 11.4 Å². The van der Waals surface area contributed by atoms with Crippen molar-refractivity contribution in [1.82, 2.24) is 9.58 Å². The largest absolute Gasteiger partial charge is 0.477 e. The van der Waals surface area contributed by atoms with Crippen LogP contribution >= 0.6 is 0 Å². The number of pyridine rings is 1. The number of halogens is 1. The van der Waals surface area contributed by atoms with Gasteiger partial charge in [-0.2, -0.15) is 0 Å². The van der Waals surface area contributed by atoms with E-state index in [1.165, 1.54) is 12.3 Å². The number of aromatic carboxylic acids is 1. The molecule has 1 aliphatic rings. The highest BCUT2D eigenvalue weighted by Crippen LogP contribution is 2.39. The Hall–Kier alpha value is -2.41. The number of aromatic nitrogens is 1. The first-order chi connectivity index (χ1) is 12.6. The summed E-state index contributed by atoms with van der Waals surface area (Å²) in [6, 6.07) is 3.00. The van der Waals surface area contributed by atoms with Crippen molar-refractivity contribution in [1.29, 1.82) is 0 Å². The molecule has 7 heteroatoms. The third-order valence-corrected chi connectivity index (χ3v) is 5.34. The summed E-state index contributed by atoms with van der Waals surface area (Å²) in [5, 5.41) is 13.2. The van der Waals surface area contributed by atoms with Crippen molar-refractivity contribution >= 4 is 22.6 Å². The van der Waals surface area contributed by atoms with Gasteiger partial charge in [0.25, 0.3) is 0 Å². The molecule has 0 bridgehead atoms. The van der Waals surface area contributed by atoms with E-state index in [0.29, 0.717) is 11.2 Å². The summed E-state index contributed by atoms with van der Waals surface area (Å²) in [7, 11) is 3.70. The highest BCUT2D eigenvalue weighted by atomic mass is 19.1. The van der Waals surface area contributed by atoms with Gasteiger partial charge in [-0.3, -0.25) is 9.80 Å². The highest BCUT2D eigenvalue weighted by Gasteiger charge is 2.32. The summed E-state index contributed by atoms with van der Waals surface area (Å²) < 4.78 is 16.9. The number of anilines is 1. The zero-order chi connectivity index (χ0) is 20.1. The van der Waals surface area contributed by atoms with Crippen LogP contribution in [0, 0.1) is 5.82 Å². The minimum absolute atomic E-state index is 0.107. The first-order valence-corrected chi connectivity index (χ1v) is 9.17. The fourth-order valence-corrected chi connectivity index (χ4v) is 3.56. The van der Waals surface area contributed by atoms with Crippen LogP contribution in [0.4, 0.5) is 10.1 Å². The fraction of sp³-hybridized carbons (Fsp3) is 0.500. The number of benzene rings is 1. The third kappa shape index (κ3) is 3.32. The molecule has 0 amide bonds. The van der Waals surface area contributed by atoms with E-state index in [9.17, 15) is 14.7 Å². The summed E-state index contributed by atoms with van der Waals surface area (Å²) in [5.41, 5.74) is -0.367. The van der Waals surface area contributed by atoms with Crippen LogP contribution in [0.1, 0.15) is 56.4 Å². The number of fused-ring (bicyclic) bond motifs is 1. The van der Waals surface area contributed by atoms with Gasteiger partial charge in [0.05, 0.1) is 16.7 Å². The number of carboxylic acids is 1. The molecule has 146 valence electrons. The quantitative estimate of drug-likeness (QED) is 0.781. The number of rotatable bonds is 6. The maximum absolute atomic E-state index is 15.1. The summed E-state index contributed by atoms with van der Waals surface area (Å²) >= 11 is 0. The van der Waals surface area contributed by atoms with Gasteiger partial charge in [-0.25, -0.2) is 14.2 Å². The van der Waals surface area contributed by atoms with Crippen molar-refractivity contribution in [2.45, 2.75) is 51.6 Å². The lowest BCUT2D eigenvalue weighted by Gasteiger charge is -2.44. The predicted octanol–water partition coefficient (Wildman–Crippen LogP) is 3.65. The molecule has 1 saturated carbocycles. The van der Waals surface area contributed by atoms with Crippen LogP contribution in [0.2, 0.25) is 0 Å². The number of hydrazine groups is 1. The Bertz CT molecular complexity index is 961. The van der Waals surface area contributed by atoms with E-state index in [-0.39, 0.29) is 22.5 Å². The SMILES string of the molecule is CCC(C)(C)N(c1cc2c(cc1F)c(=O)c(C(=O)O)cn2C1CC1)N(C)C. The fourth-order valence-electron chi connectivity index (χ4n) is 3.56. The Morgan fingerprint density at radius 1 is 1.33 bits per heavy atom. The molecule has 0 spiro atoms. The molecule has 1 heterocycles. The molecule has 6 nitrogen and oxygen atoms in total. The van der Waals surface area contributed by atoms with Gasteiger partial charge in [0, 0.05) is 31.7 Å². The van der Waals surface area contributed by atoms with Crippen molar-refractivity contribution in [2.75, 3.05) is 19.1 Å². The van der Waals surface area contributed by atoms with E-state index in [1.807, 2.05) is 49.5 Å². The Morgan fingerprint density at radius 2 is 1.96 bits per heavy atom. The molecule has 1 aromatic carbocycles. The Kier molecular flexibility index (Phi) is 4.76. The first kappa shape index (κ1) is 19.4. The lowest BCUT2D eigenvalue weighted by atomic mass is 9.99. The number of carboxylic acid groups (broad SMARTS) is 1. The molecule has 1 fully saturated rings. The normalized spacial score (nSPS) is 14.8. The average Bonchev–Trinajstić information content (AvgIpc) is 3.40. The van der Waals surface area contributed by atoms with Gasteiger partial charge in [0.15, 0.2) is 0 Å². The van der Waals surface area contributed by atoms with E-state index in [2.05, 4.69) is 0 Å². The summed E-state index contributed by atoms with van der Waals surface area (Å²) in [6.07, 6.45) is 4.02. The molecule has 0 saturated heterocycles. The minimum atomic E-state index is -1.29. The zero-order valence-corrected chi connectivity index (χ0v) is 16.4. The summed E-state index contributed by atoms with van der Waals surface area (Å²) in [6.45, 7) is 6.09. The second kappa shape index (κ2) is 6.64. The van der Waals surface area contributed by atoms with E-state index in [1.54, 1.807) is 6.07 Å². The Labute approximate surface area is 157 Å². The number of hydrogen-bond donors (Lipinski definition) is 1. The molecule has 1 aliphatic carbocycles. The second-order valence-corrected chi connectivity index (χ2v) is 7.96. The minimum Gasteiger partial charge on any atom is -0.477 e. The van der Waals surface area contributed by atoms with Crippen LogP contribution < -0.4 is 10.4 Å². The Morgan fingerprint density at radius 3 is 2.44 bits per heavy atom. The molecule has 1 aromatic heterocycles. The van der Waals surface area contributed by atoms with Crippen molar-refractivity contribution in [3.05, 3.63) is 39.9 Å². The van der Waals surface area contributed by atoms with Crippen molar-refractivity contribution in [3.8, 4) is 0 Å². The van der Waals surface area contributed by atoms with Crippen LogP contribution in [-0.2, 0) is 0 Å². The van der Waals surface area contributed by atoms with Crippen LogP contribution in [-0.4, -0.2) is 40.3 Å². The highest BCUT2D eigenvalue weighted by molar-refractivity contribution is 5.93. The predicted molar refractivity (Wildman–Crippen MR) is 104 cm³/mol. The zero-order valence-electron chi connectivity index (χ0n) is 16.4. The topological polar surface area (TPSA) is 65.8 Å². The van der Waals surface area contributed by atoms with Crippen LogP contribution in [0.3, 0.4) is 0 Å². The van der Waals surface area contributed by atoms with E-state index < -0.39 is 17.2 Å². The molecule has 0 radical (unpaired) electrons. The first-order valence-electron chi connectivity index (χ1n) is 9.17. The average molecular weight is 375 g/mol. The smallest absolute Gasteiger partial charge is 0.341 e. The van der Waals surface area contributed by atoms with Gasteiger partial charge in [0.2, 0.25) is 5.43 Å². The van der Waals surface area contributed by atoms with Crippen molar-refractivity contribution < 1.29 is 14.3 Å². The Balaban J connectivity index is 2.33. The van der Waals surface area contributed by atoms with Gasteiger partial charge >= 0.3 is 5.97 Å². The maximum atomic E-state index is 15.1. The second-order valence-electron chi connectivity index (χ2n) is 7.96. The molecule has 0 aliphatic heterocycles. The molecular weight excluding hydrogens is 349 g/mol. The lowest BCUT2D eigenvalue weighted by Crippen LogP contribution is -2.52. The number of carbonyl (C=O) groups is 1. The number of nitrogens with zero attached hydrogens (tertiary/aromatic N) is 3. The summed E-state index contributed by atoms with van der Waals surface area (Å²) in [4.78, 5) is 24.1. The number of hydrogen-bond acceptors (Lipinski definition) is 4. The molecule has 3 rings (SSSR count). The van der Waals surface area contributed by atoms with Crippen LogP contribution in [0.5, 0.6) is 0 Å². The third-order valence-electron chi connectivity index (χ3n) is 5.34. The molecule has 0 unspecified atom stereocenters. The van der Waals surface area contributed by atoms with Crippen molar-refractivity contribution in [2.24, 2.45) is 0 Å². The van der Waals surface area contributed by atoms with Crippen LogP contribution in [0.15, 0.2) is 23.1 Å². The summed E-state index contributed by atoms with van der Waals surface area (Å²) in [5.74, 6) is -1.83. The van der Waals surface area contributed by atoms with Gasteiger partial charge in [-0.15, -0.1) is 0 Å². The lowest BCUT2D eigenvalue weighted by molar-refractivity contribution is 0.0695. The molecule has 2 aromatic rings. The molecule has 1 N–H and O–H groups in total. The van der Waals surface area contributed by atoms with Gasteiger partial charge in [-0.1, -0.05) is 6.92 Å². The monoisotopic (exact) mass is 375 g/mol. The van der Waals surface area contributed by atoms with Gasteiger partial charge < -0.3 is 9.67 Å². The standard InChI is InChI=1S/C20H26FN3O3/c1-6-20(2,3)24(22(4)5)17-10-16-13(9-15(17)21)18(25)14(19(26)27)11-23(16)12-7-8-12/h9-12H,6-8H2,1-5H3,(H,26,27).